The summed E-state index contributed by atoms with van der Waals surface area (Å²) in [4.78, 5) is 27.0. The Morgan fingerprint density at radius 3 is 2.00 bits per heavy atom. The minimum Gasteiger partial charge on any atom is -0.334 e. The molecule has 0 radical (unpaired) electrons. The van der Waals surface area contributed by atoms with Gasteiger partial charge < -0.3 is 10.2 Å². The number of nitrogens with one attached hydrogen (secondary N) is 1. The van der Waals surface area contributed by atoms with Gasteiger partial charge >= 0.3 is 0 Å². The van der Waals surface area contributed by atoms with Crippen molar-refractivity contribution in [2.75, 3.05) is 11.9 Å². The third kappa shape index (κ3) is 5.07. The first-order valence-electron chi connectivity index (χ1n) is 9.47. The maximum absolute atomic E-state index is 12.9. The van der Waals surface area contributed by atoms with Gasteiger partial charge in [0.05, 0.1) is 0 Å². The fourth-order valence-corrected chi connectivity index (χ4v) is 3.00. The molecule has 0 unspecified atom stereocenters. The van der Waals surface area contributed by atoms with E-state index in [1.54, 1.807) is 36.4 Å². The van der Waals surface area contributed by atoms with Crippen LogP contribution in [0.5, 0.6) is 0 Å². The quantitative estimate of drug-likeness (QED) is 0.635. The van der Waals surface area contributed by atoms with Crippen molar-refractivity contribution in [1.82, 2.24) is 4.90 Å². The van der Waals surface area contributed by atoms with Crippen LogP contribution in [0.4, 0.5) is 5.69 Å². The second-order valence-corrected chi connectivity index (χ2v) is 6.61. The molecular weight excluding hydrogens is 348 g/mol. The molecule has 3 rings (SSSR count). The second kappa shape index (κ2) is 9.51. The van der Waals surface area contributed by atoms with Gasteiger partial charge in [-0.1, -0.05) is 55.5 Å². The van der Waals surface area contributed by atoms with Crippen LogP contribution in [0.15, 0.2) is 84.9 Å². The summed E-state index contributed by atoms with van der Waals surface area (Å²) in [7, 11) is 0. The smallest absolute Gasteiger partial charge is 0.255 e. The molecule has 0 aliphatic heterocycles. The third-order valence-electron chi connectivity index (χ3n) is 4.42. The van der Waals surface area contributed by atoms with Crippen LogP contribution in [0.25, 0.3) is 0 Å². The Labute approximate surface area is 165 Å². The molecule has 0 saturated heterocycles. The normalized spacial score (nSPS) is 10.3. The molecule has 4 heteroatoms. The van der Waals surface area contributed by atoms with Gasteiger partial charge in [-0.05, 0) is 48.4 Å². The van der Waals surface area contributed by atoms with Crippen LogP contribution in [0, 0.1) is 0 Å². The highest BCUT2D eigenvalue weighted by atomic mass is 16.2. The van der Waals surface area contributed by atoms with E-state index in [9.17, 15) is 9.59 Å². The highest BCUT2D eigenvalue weighted by Crippen LogP contribution is 2.15. The van der Waals surface area contributed by atoms with E-state index < -0.39 is 0 Å². The monoisotopic (exact) mass is 372 g/mol. The second-order valence-electron chi connectivity index (χ2n) is 6.61. The van der Waals surface area contributed by atoms with Gasteiger partial charge in [-0.15, -0.1) is 0 Å². The lowest BCUT2D eigenvalue weighted by Gasteiger charge is -2.22. The van der Waals surface area contributed by atoms with E-state index in [2.05, 4.69) is 12.2 Å². The van der Waals surface area contributed by atoms with E-state index in [1.807, 2.05) is 53.4 Å². The molecule has 142 valence electrons. The highest BCUT2D eigenvalue weighted by molar-refractivity contribution is 6.04. The molecule has 0 heterocycles. The average molecular weight is 372 g/mol. The SMILES string of the molecule is CCCN(Cc1ccccc1)C(=O)c1ccc(NC(=O)c2ccccc2)cc1. The Bertz CT molecular complexity index is 906. The minimum atomic E-state index is -0.170. The fraction of sp³-hybridized carbons (Fsp3) is 0.167. The molecule has 0 atom stereocenters. The van der Waals surface area contributed by atoms with E-state index in [0.29, 0.717) is 29.9 Å². The number of anilines is 1. The predicted molar refractivity (Wildman–Crippen MR) is 112 cm³/mol. The van der Waals surface area contributed by atoms with E-state index in [0.717, 1.165) is 12.0 Å². The van der Waals surface area contributed by atoms with Crippen LogP contribution in [0.1, 0.15) is 39.6 Å². The molecule has 0 aromatic heterocycles. The molecule has 4 nitrogen and oxygen atoms in total. The average Bonchev–Trinajstić information content (AvgIpc) is 2.75. The van der Waals surface area contributed by atoms with Crippen molar-refractivity contribution in [2.24, 2.45) is 0 Å². The Morgan fingerprint density at radius 1 is 0.786 bits per heavy atom. The van der Waals surface area contributed by atoms with Crippen molar-refractivity contribution in [2.45, 2.75) is 19.9 Å². The summed E-state index contributed by atoms with van der Waals surface area (Å²) in [5.41, 5.74) is 2.98. The van der Waals surface area contributed by atoms with Gasteiger partial charge in [-0.25, -0.2) is 0 Å². The van der Waals surface area contributed by atoms with Gasteiger partial charge in [-0.2, -0.15) is 0 Å². The summed E-state index contributed by atoms with van der Waals surface area (Å²) in [5.74, 6) is -0.178. The zero-order valence-corrected chi connectivity index (χ0v) is 16.0. The van der Waals surface area contributed by atoms with Crippen molar-refractivity contribution in [3.05, 3.63) is 102 Å². The van der Waals surface area contributed by atoms with Crippen molar-refractivity contribution in [3.63, 3.8) is 0 Å². The summed E-state index contributed by atoms with van der Waals surface area (Å²) in [6.07, 6.45) is 0.893. The zero-order valence-electron chi connectivity index (χ0n) is 16.0. The van der Waals surface area contributed by atoms with Crippen LogP contribution in [0.2, 0.25) is 0 Å². The summed E-state index contributed by atoms with van der Waals surface area (Å²) in [6.45, 7) is 3.34. The van der Waals surface area contributed by atoms with Gasteiger partial charge in [-0.3, -0.25) is 9.59 Å². The number of amides is 2. The molecule has 0 bridgehead atoms. The number of carbonyl (C=O) groups is 2. The van der Waals surface area contributed by atoms with E-state index in [4.69, 9.17) is 0 Å². The first kappa shape index (κ1) is 19.4. The molecule has 3 aromatic carbocycles. The van der Waals surface area contributed by atoms with E-state index in [1.165, 1.54) is 0 Å². The molecule has 0 saturated carbocycles. The number of nitrogens with zero attached hydrogens (tertiary/aromatic N) is 1. The standard InChI is InChI=1S/C24H24N2O2/c1-2-17-26(18-19-9-5-3-6-10-19)24(28)21-13-15-22(16-14-21)25-23(27)20-11-7-4-8-12-20/h3-16H,2,17-18H2,1H3,(H,25,27). The topological polar surface area (TPSA) is 49.4 Å². The molecule has 28 heavy (non-hydrogen) atoms. The van der Waals surface area contributed by atoms with Crippen LogP contribution >= 0.6 is 0 Å². The number of carbonyl (C=O) groups excluding carboxylic acids is 2. The van der Waals surface area contributed by atoms with Crippen molar-refractivity contribution < 1.29 is 9.59 Å². The number of rotatable bonds is 7. The molecule has 2 amide bonds. The maximum Gasteiger partial charge on any atom is 0.255 e. The highest BCUT2D eigenvalue weighted by Gasteiger charge is 2.15. The van der Waals surface area contributed by atoms with Gasteiger partial charge in [0, 0.05) is 29.9 Å². The Morgan fingerprint density at radius 2 is 1.39 bits per heavy atom. The molecule has 0 aliphatic carbocycles. The van der Waals surface area contributed by atoms with Gasteiger partial charge in [0.2, 0.25) is 0 Å². The summed E-state index contributed by atoms with van der Waals surface area (Å²) < 4.78 is 0. The lowest BCUT2D eigenvalue weighted by molar-refractivity contribution is 0.0743. The van der Waals surface area contributed by atoms with Gasteiger partial charge in [0.15, 0.2) is 0 Å². The lowest BCUT2D eigenvalue weighted by Crippen LogP contribution is -2.31. The first-order valence-corrected chi connectivity index (χ1v) is 9.47. The lowest BCUT2D eigenvalue weighted by atomic mass is 10.1. The van der Waals surface area contributed by atoms with Gasteiger partial charge in [0.25, 0.3) is 11.8 Å². The molecule has 3 aromatic rings. The number of benzene rings is 3. The Balaban J connectivity index is 1.68. The van der Waals surface area contributed by atoms with Crippen LogP contribution in [-0.2, 0) is 6.54 Å². The minimum absolute atomic E-state index is 0.00774. The van der Waals surface area contributed by atoms with Crippen LogP contribution < -0.4 is 5.32 Å². The van der Waals surface area contributed by atoms with Gasteiger partial charge in [0.1, 0.15) is 0 Å². The summed E-state index contributed by atoms with van der Waals surface area (Å²) >= 11 is 0. The first-order chi connectivity index (χ1) is 13.7. The summed E-state index contributed by atoms with van der Waals surface area (Å²) in [6, 6.07) is 26.1. The van der Waals surface area contributed by atoms with Crippen molar-refractivity contribution in [1.29, 1.82) is 0 Å². The maximum atomic E-state index is 12.9. The van der Waals surface area contributed by atoms with Crippen molar-refractivity contribution in [3.8, 4) is 0 Å². The zero-order chi connectivity index (χ0) is 19.8. The Hall–Kier alpha value is -3.40. The van der Waals surface area contributed by atoms with E-state index >= 15 is 0 Å². The molecule has 1 N–H and O–H groups in total. The van der Waals surface area contributed by atoms with Crippen molar-refractivity contribution >= 4 is 17.5 Å². The molecular formula is C24H24N2O2. The Kier molecular flexibility index (Phi) is 6.58. The van der Waals surface area contributed by atoms with Crippen LogP contribution in [0.3, 0.4) is 0 Å². The fourth-order valence-electron chi connectivity index (χ4n) is 3.00. The third-order valence-corrected chi connectivity index (χ3v) is 4.42. The molecule has 0 aliphatic rings. The largest absolute Gasteiger partial charge is 0.334 e. The number of hydrogen-bond donors (Lipinski definition) is 1. The predicted octanol–water partition coefficient (Wildman–Crippen LogP) is 4.99. The summed E-state index contributed by atoms with van der Waals surface area (Å²) in [5, 5.41) is 2.85. The van der Waals surface area contributed by atoms with E-state index in [-0.39, 0.29) is 11.8 Å². The van der Waals surface area contributed by atoms with Crippen LogP contribution in [-0.4, -0.2) is 23.3 Å². The number of hydrogen-bond acceptors (Lipinski definition) is 2. The molecule has 0 fully saturated rings. The molecule has 0 spiro atoms.